The molecule has 0 aromatic heterocycles. The van der Waals surface area contributed by atoms with Crippen LogP contribution in [0.15, 0.2) is 18.2 Å². The normalized spacial score (nSPS) is 16.0. The van der Waals surface area contributed by atoms with Gasteiger partial charge < -0.3 is 15.3 Å². The van der Waals surface area contributed by atoms with Crippen LogP contribution >= 0.6 is 11.6 Å². The van der Waals surface area contributed by atoms with Crippen molar-refractivity contribution in [3.8, 4) is 0 Å². The van der Waals surface area contributed by atoms with E-state index in [0.29, 0.717) is 25.7 Å². The lowest BCUT2D eigenvalue weighted by molar-refractivity contribution is -0.144. The SMILES string of the molecule is O=C(Nc1ccc(Cl)cc1C(F)(F)F)C(=O)N1CCN(CCO)CC1. The van der Waals surface area contributed by atoms with Crippen LogP contribution in [-0.2, 0) is 15.8 Å². The van der Waals surface area contributed by atoms with Crippen molar-refractivity contribution in [2.24, 2.45) is 0 Å². The molecular formula is C15H17ClF3N3O3. The van der Waals surface area contributed by atoms with E-state index in [-0.39, 0.29) is 24.7 Å². The number of carbonyl (C=O) groups excluding carboxylic acids is 2. The number of aliphatic hydroxyl groups is 1. The minimum atomic E-state index is -4.72. The number of β-amino-alcohol motifs (C(OH)–C–C–N with tert-alkyl or cyclic N) is 1. The first-order valence-corrected chi connectivity index (χ1v) is 7.90. The summed E-state index contributed by atoms with van der Waals surface area (Å²) in [7, 11) is 0. The van der Waals surface area contributed by atoms with E-state index in [1.54, 1.807) is 0 Å². The summed E-state index contributed by atoms with van der Waals surface area (Å²) in [6.07, 6.45) is -4.72. The molecule has 0 saturated carbocycles. The van der Waals surface area contributed by atoms with Crippen LogP contribution in [0.4, 0.5) is 18.9 Å². The quantitative estimate of drug-likeness (QED) is 0.779. The van der Waals surface area contributed by atoms with E-state index < -0.39 is 29.2 Å². The van der Waals surface area contributed by atoms with Gasteiger partial charge in [0.1, 0.15) is 0 Å². The number of alkyl halides is 3. The van der Waals surface area contributed by atoms with Gasteiger partial charge in [0, 0.05) is 37.7 Å². The van der Waals surface area contributed by atoms with Gasteiger partial charge in [-0.25, -0.2) is 0 Å². The molecule has 2 N–H and O–H groups in total. The lowest BCUT2D eigenvalue weighted by Gasteiger charge is -2.33. The molecule has 0 radical (unpaired) electrons. The Hall–Kier alpha value is -1.84. The fourth-order valence-electron chi connectivity index (χ4n) is 2.50. The molecule has 2 rings (SSSR count). The zero-order valence-electron chi connectivity index (χ0n) is 13.1. The van der Waals surface area contributed by atoms with E-state index in [9.17, 15) is 22.8 Å². The maximum absolute atomic E-state index is 13.0. The van der Waals surface area contributed by atoms with Gasteiger partial charge in [0.25, 0.3) is 0 Å². The van der Waals surface area contributed by atoms with Crippen molar-refractivity contribution in [2.45, 2.75) is 6.18 Å². The molecule has 0 atom stereocenters. The standard InChI is InChI=1S/C15H17ClF3N3O3/c16-10-1-2-12(11(9-10)15(17,18)19)20-13(24)14(25)22-5-3-21(4-6-22)7-8-23/h1-2,9,23H,3-8H2,(H,20,24). The number of rotatable bonds is 3. The Morgan fingerprint density at radius 3 is 2.40 bits per heavy atom. The molecule has 10 heteroatoms. The smallest absolute Gasteiger partial charge is 0.395 e. The average Bonchev–Trinajstić information content (AvgIpc) is 2.56. The molecule has 1 fully saturated rings. The summed E-state index contributed by atoms with van der Waals surface area (Å²) in [5.41, 5.74) is -1.64. The fourth-order valence-corrected chi connectivity index (χ4v) is 2.67. The third kappa shape index (κ3) is 5.07. The van der Waals surface area contributed by atoms with Gasteiger partial charge in [-0.05, 0) is 18.2 Å². The second-order valence-electron chi connectivity index (χ2n) is 5.50. The van der Waals surface area contributed by atoms with Crippen molar-refractivity contribution in [1.29, 1.82) is 0 Å². The molecule has 0 aliphatic carbocycles. The second-order valence-corrected chi connectivity index (χ2v) is 5.94. The summed E-state index contributed by atoms with van der Waals surface area (Å²) < 4.78 is 39.1. The lowest BCUT2D eigenvalue weighted by Crippen LogP contribution is -2.52. The number of piperazine rings is 1. The molecule has 0 bridgehead atoms. The Morgan fingerprint density at radius 1 is 1.20 bits per heavy atom. The zero-order chi connectivity index (χ0) is 18.6. The number of nitrogens with one attached hydrogen (secondary N) is 1. The van der Waals surface area contributed by atoms with Crippen LogP contribution in [0.1, 0.15) is 5.56 Å². The van der Waals surface area contributed by atoms with Crippen LogP contribution in [0.5, 0.6) is 0 Å². The van der Waals surface area contributed by atoms with E-state index >= 15 is 0 Å². The summed E-state index contributed by atoms with van der Waals surface area (Å²) in [5, 5.41) is 10.8. The highest BCUT2D eigenvalue weighted by atomic mass is 35.5. The molecule has 138 valence electrons. The van der Waals surface area contributed by atoms with E-state index in [4.69, 9.17) is 16.7 Å². The van der Waals surface area contributed by atoms with Gasteiger partial charge >= 0.3 is 18.0 Å². The van der Waals surface area contributed by atoms with E-state index in [1.807, 2.05) is 10.2 Å². The van der Waals surface area contributed by atoms with Gasteiger partial charge in [-0.3, -0.25) is 14.5 Å². The molecule has 1 aliphatic heterocycles. The van der Waals surface area contributed by atoms with E-state index in [2.05, 4.69) is 0 Å². The minimum Gasteiger partial charge on any atom is -0.395 e. The molecule has 0 spiro atoms. The summed E-state index contributed by atoms with van der Waals surface area (Å²) >= 11 is 5.57. The Balaban J connectivity index is 2.04. The molecule has 1 heterocycles. The van der Waals surface area contributed by atoms with Gasteiger partial charge in [-0.1, -0.05) is 11.6 Å². The second kappa shape index (κ2) is 8.03. The molecule has 2 amide bonds. The molecule has 0 unspecified atom stereocenters. The van der Waals surface area contributed by atoms with Gasteiger partial charge in [0.15, 0.2) is 0 Å². The summed E-state index contributed by atoms with van der Waals surface area (Å²) in [6.45, 7) is 1.94. The number of halogens is 4. The lowest BCUT2D eigenvalue weighted by atomic mass is 10.1. The number of aliphatic hydroxyl groups excluding tert-OH is 1. The highest BCUT2D eigenvalue weighted by Gasteiger charge is 2.35. The highest BCUT2D eigenvalue weighted by molar-refractivity contribution is 6.39. The van der Waals surface area contributed by atoms with E-state index in [0.717, 1.165) is 6.07 Å². The minimum absolute atomic E-state index is 0.00871. The Labute approximate surface area is 147 Å². The Morgan fingerprint density at radius 2 is 1.84 bits per heavy atom. The molecule has 1 aromatic rings. The number of carbonyl (C=O) groups is 2. The van der Waals surface area contributed by atoms with Crippen molar-refractivity contribution < 1.29 is 27.9 Å². The first-order valence-electron chi connectivity index (χ1n) is 7.52. The van der Waals surface area contributed by atoms with Gasteiger partial charge in [0.2, 0.25) is 0 Å². The highest BCUT2D eigenvalue weighted by Crippen LogP contribution is 2.36. The van der Waals surface area contributed by atoms with Crippen LogP contribution in [0.2, 0.25) is 5.02 Å². The third-order valence-corrected chi connectivity index (χ3v) is 4.04. The van der Waals surface area contributed by atoms with Crippen LogP contribution in [0, 0.1) is 0 Å². The Bertz CT molecular complexity index is 647. The van der Waals surface area contributed by atoms with E-state index in [1.165, 1.54) is 11.0 Å². The van der Waals surface area contributed by atoms with Crippen molar-refractivity contribution in [3.05, 3.63) is 28.8 Å². The number of amides is 2. The molecule has 6 nitrogen and oxygen atoms in total. The summed E-state index contributed by atoms with van der Waals surface area (Å²) in [5.74, 6) is -2.03. The van der Waals surface area contributed by atoms with Gasteiger partial charge in [0.05, 0.1) is 17.9 Å². The Kier molecular flexibility index (Phi) is 6.26. The van der Waals surface area contributed by atoms with Crippen molar-refractivity contribution in [2.75, 3.05) is 44.6 Å². The summed E-state index contributed by atoms with van der Waals surface area (Å²) in [6, 6.07) is 2.90. The largest absolute Gasteiger partial charge is 0.418 e. The van der Waals surface area contributed by atoms with Crippen molar-refractivity contribution in [1.82, 2.24) is 9.80 Å². The maximum atomic E-state index is 13.0. The zero-order valence-corrected chi connectivity index (χ0v) is 13.9. The third-order valence-electron chi connectivity index (χ3n) is 3.81. The number of hydrogen-bond donors (Lipinski definition) is 2. The number of nitrogens with zero attached hydrogens (tertiary/aromatic N) is 2. The number of benzene rings is 1. The van der Waals surface area contributed by atoms with Crippen molar-refractivity contribution in [3.63, 3.8) is 0 Å². The molecular weight excluding hydrogens is 363 g/mol. The number of hydrogen-bond acceptors (Lipinski definition) is 4. The first-order chi connectivity index (χ1) is 11.7. The van der Waals surface area contributed by atoms with Crippen LogP contribution in [-0.4, -0.2) is 66.1 Å². The maximum Gasteiger partial charge on any atom is 0.418 e. The molecule has 1 aliphatic rings. The van der Waals surface area contributed by atoms with Gasteiger partial charge in [-0.15, -0.1) is 0 Å². The van der Waals surface area contributed by atoms with Crippen molar-refractivity contribution >= 4 is 29.1 Å². The predicted molar refractivity (Wildman–Crippen MR) is 85.2 cm³/mol. The molecule has 1 saturated heterocycles. The summed E-state index contributed by atoms with van der Waals surface area (Å²) in [4.78, 5) is 27.3. The molecule has 25 heavy (non-hydrogen) atoms. The van der Waals surface area contributed by atoms with Gasteiger partial charge in [-0.2, -0.15) is 13.2 Å². The van der Waals surface area contributed by atoms with Crippen LogP contribution < -0.4 is 5.32 Å². The molecule has 1 aromatic carbocycles. The predicted octanol–water partition coefficient (Wildman–Crippen LogP) is 1.43. The average molecular weight is 380 g/mol. The number of anilines is 1. The monoisotopic (exact) mass is 379 g/mol. The van der Waals surface area contributed by atoms with Crippen LogP contribution in [0.25, 0.3) is 0 Å². The first kappa shape index (κ1) is 19.5. The fraction of sp³-hybridized carbons (Fsp3) is 0.467. The van der Waals surface area contributed by atoms with Crippen LogP contribution in [0.3, 0.4) is 0 Å². The topological polar surface area (TPSA) is 72.9 Å².